The third-order valence-corrected chi connectivity index (χ3v) is 7.10. The highest BCUT2D eigenvalue weighted by Gasteiger charge is 2.38. The summed E-state index contributed by atoms with van der Waals surface area (Å²) in [6, 6.07) is 9.86. The number of hydrogen-bond acceptors (Lipinski definition) is 4. The largest absolute Gasteiger partial charge is 0.573 e. The lowest BCUT2D eigenvalue weighted by Gasteiger charge is -2.30. The number of amides is 3. The number of halogens is 7. The summed E-state index contributed by atoms with van der Waals surface area (Å²) in [6.45, 7) is 3.53. The Balaban J connectivity index is 1.68. The van der Waals surface area contributed by atoms with Crippen LogP contribution in [0.15, 0.2) is 66.7 Å². The van der Waals surface area contributed by atoms with Crippen molar-refractivity contribution >= 4 is 23.4 Å². The summed E-state index contributed by atoms with van der Waals surface area (Å²) in [5.41, 5.74) is -1.39. The molecule has 0 unspecified atom stereocenters. The Labute approximate surface area is 253 Å². The smallest absolute Gasteiger partial charge is 0.406 e. The van der Waals surface area contributed by atoms with Gasteiger partial charge in [0.25, 0.3) is 5.91 Å². The summed E-state index contributed by atoms with van der Waals surface area (Å²) in [5, 5.41) is 4.68. The summed E-state index contributed by atoms with van der Waals surface area (Å²) in [5.74, 6) is -4.96. The highest BCUT2D eigenvalue weighted by Crippen LogP contribution is 2.33. The van der Waals surface area contributed by atoms with Crippen LogP contribution in [0, 0.1) is 5.82 Å². The molecule has 0 spiro atoms. The summed E-state index contributed by atoms with van der Waals surface area (Å²) < 4.78 is 98.0. The van der Waals surface area contributed by atoms with E-state index in [0.717, 1.165) is 11.6 Å². The average molecular weight is 640 g/mol. The highest BCUT2D eigenvalue weighted by atomic mass is 19.4. The predicted octanol–water partition coefficient (Wildman–Crippen LogP) is 5.96. The summed E-state index contributed by atoms with van der Waals surface area (Å²) in [7, 11) is 0. The molecule has 0 aromatic heterocycles. The van der Waals surface area contributed by atoms with E-state index in [2.05, 4.69) is 15.4 Å². The zero-order chi connectivity index (χ0) is 33.1. The molecular weight excluding hydrogens is 611 g/mol. The molecule has 1 heterocycles. The number of aryl methyl sites for hydroxylation is 1. The molecule has 0 aliphatic carbocycles. The maximum absolute atomic E-state index is 13.7. The molecule has 7 nitrogen and oxygen atoms in total. The van der Waals surface area contributed by atoms with Gasteiger partial charge in [-0.3, -0.25) is 14.4 Å². The number of anilines is 1. The number of nitrogens with zero attached hydrogens (tertiary/aromatic N) is 1. The Morgan fingerprint density at radius 2 is 1.64 bits per heavy atom. The first-order chi connectivity index (χ1) is 21.0. The third-order valence-electron chi connectivity index (χ3n) is 7.10. The molecule has 0 saturated heterocycles. The van der Waals surface area contributed by atoms with Crippen LogP contribution in [0.1, 0.15) is 47.3 Å². The first-order valence-corrected chi connectivity index (χ1v) is 13.8. The normalized spacial score (nSPS) is 16.1. The first kappa shape index (κ1) is 33.3. The lowest BCUT2D eigenvalue weighted by atomic mass is 10.0. The number of carbonyl (C=O) groups is 3. The zero-order valence-electron chi connectivity index (χ0n) is 23.9. The lowest BCUT2D eigenvalue weighted by Crippen LogP contribution is -2.55. The molecule has 2 atom stereocenters. The second kappa shape index (κ2) is 13.2. The first-order valence-electron chi connectivity index (χ1n) is 13.8. The van der Waals surface area contributed by atoms with Gasteiger partial charge < -0.3 is 20.3 Å². The van der Waals surface area contributed by atoms with Crippen LogP contribution in [0.2, 0.25) is 0 Å². The number of carbonyl (C=O) groups excluding carboxylic acids is 3. The fourth-order valence-electron chi connectivity index (χ4n) is 5.12. The van der Waals surface area contributed by atoms with E-state index >= 15 is 0 Å². The van der Waals surface area contributed by atoms with Crippen LogP contribution in [0.5, 0.6) is 5.75 Å². The fourth-order valence-corrected chi connectivity index (χ4v) is 5.12. The number of rotatable bonds is 8. The van der Waals surface area contributed by atoms with E-state index in [9.17, 15) is 45.1 Å². The molecule has 0 fully saturated rings. The van der Waals surface area contributed by atoms with Crippen molar-refractivity contribution in [2.45, 2.75) is 63.8 Å². The number of benzene rings is 3. The van der Waals surface area contributed by atoms with Gasteiger partial charge in [-0.1, -0.05) is 36.4 Å². The van der Waals surface area contributed by atoms with Gasteiger partial charge in [0.15, 0.2) is 0 Å². The molecule has 14 heteroatoms. The van der Waals surface area contributed by atoms with E-state index in [1.165, 1.54) is 23.1 Å². The van der Waals surface area contributed by atoms with Gasteiger partial charge in [0, 0.05) is 18.2 Å². The number of nitrogens with one attached hydrogen (secondary N) is 2. The van der Waals surface area contributed by atoms with Crippen molar-refractivity contribution in [1.82, 2.24) is 10.6 Å². The molecule has 45 heavy (non-hydrogen) atoms. The Morgan fingerprint density at radius 1 is 0.978 bits per heavy atom. The lowest BCUT2D eigenvalue weighted by molar-refractivity contribution is -0.274. The van der Waals surface area contributed by atoms with Crippen molar-refractivity contribution in [3.63, 3.8) is 0 Å². The molecule has 3 amide bonds. The molecule has 0 radical (unpaired) electrons. The van der Waals surface area contributed by atoms with E-state index < -0.39 is 71.5 Å². The molecule has 1 aliphatic rings. The van der Waals surface area contributed by atoms with Crippen molar-refractivity contribution in [2.75, 3.05) is 4.90 Å². The monoisotopic (exact) mass is 639 g/mol. The van der Waals surface area contributed by atoms with Crippen molar-refractivity contribution in [3.8, 4) is 5.75 Å². The third kappa shape index (κ3) is 8.11. The maximum Gasteiger partial charge on any atom is 0.573 e. The van der Waals surface area contributed by atoms with Crippen LogP contribution < -0.4 is 20.3 Å². The van der Waals surface area contributed by atoms with Gasteiger partial charge in [0.1, 0.15) is 23.7 Å². The van der Waals surface area contributed by atoms with Gasteiger partial charge >= 0.3 is 12.5 Å². The van der Waals surface area contributed by atoms with Gasteiger partial charge in [0.2, 0.25) is 11.8 Å². The number of hydrogen-bond donors (Lipinski definition) is 2. The molecule has 0 saturated carbocycles. The van der Waals surface area contributed by atoms with E-state index in [4.69, 9.17) is 0 Å². The SMILES string of the molecule is CC(C)N1C(=O)[C@H](NC(=O)[C@@H](Cc2ccccc2OC(F)(F)F)NC(=O)c2ccc(F)cc2C(F)(F)F)CCc2ccccc21. The summed E-state index contributed by atoms with van der Waals surface area (Å²) >= 11 is 0. The zero-order valence-corrected chi connectivity index (χ0v) is 23.9. The van der Waals surface area contributed by atoms with Crippen LogP contribution >= 0.6 is 0 Å². The van der Waals surface area contributed by atoms with Crippen LogP contribution in [0.3, 0.4) is 0 Å². The fraction of sp³-hybridized carbons (Fsp3) is 0.323. The predicted molar refractivity (Wildman–Crippen MR) is 149 cm³/mol. The quantitative estimate of drug-likeness (QED) is 0.298. The minimum atomic E-state index is -5.15. The second-order valence-corrected chi connectivity index (χ2v) is 10.6. The number of fused-ring (bicyclic) bond motifs is 1. The van der Waals surface area contributed by atoms with Crippen molar-refractivity contribution in [2.24, 2.45) is 0 Å². The summed E-state index contributed by atoms with van der Waals surface area (Å²) in [6.07, 6.45) is -10.5. The maximum atomic E-state index is 13.7. The Morgan fingerprint density at radius 3 is 2.31 bits per heavy atom. The van der Waals surface area contributed by atoms with E-state index in [1.54, 1.807) is 32.0 Å². The van der Waals surface area contributed by atoms with Crippen LogP contribution in [0.25, 0.3) is 0 Å². The van der Waals surface area contributed by atoms with Gasteiger partial charge in [-0.25, -0.2) is 4.39 Å². The highest BCUT2D eigenvalue weighted by molar-refractivity contribution is 6.03. The van der Waals surface area contributed by atoms with E-state index in [1.807, 2.05) is 6.07 Å². The average Bonchev–Trinajstić information content (AvgIpc) is 3.08. The van der Waals surface area contributed by atoms with Crippen LogP contribution in [0.4, 0.5) is 36.4 Å². The molecule has 240 valence electrons. The van der Waals surface area contributed by atoms with Crippen LogP contribution in [-0.4, -0.2) is 42.2 Å². The molecular formula is C31H28F7N3O4. The molecule has 3 aromatic carbocycles. The Bertz CT molecular complexity index is 1570. The Hall–Kier alpha value is -4.62. The van der Waals surface area contributed by atoms with Gasteiger partial charge in [-0.2, -0.15) is 13.2 Å². The topological polar surface area (TPSA) is 87.7 Å². The van der Waals surface area contributed by atoms with Crippen LogP contribution in [-0.2, 0) is 28.6 Å². The van der Waals surface area contributed by atoms with Gasteiger partial charge in [-0.15, -0.1) is 13.2 Å². The van der Waals surface area contributed by atoms with Crippen molar-refractivity contribution < 1.29 is 49.9 Å². The Kier molecular flexibility index (Phi) is 9.74. The molecule has 1 aliphatic heterocycles. The minimum absolute atomic E-state index is 0.110. The molecule has 0 bridgehead atoms. The number of para-hydroxylation sites is 2. The van der Waals surface area contributed by atoms with Gasteiger partial charge in [-0.05, 0) is 68.1 Å². The van der Waals surface area contributed by atoms with E-state index in [0.29, 0.717) is 24.2 Å². The molecule has 3 aromatic rings. The van der Waals surface area contributed by atoms with Gasteiger partial charge in [0.05, 0.1) is 11.1 Å². The van der Waals surface area contributed by atoms with E-state index in [-0.39, 0.29) is 24.1 Å². The molecule has 4 rings (SSSR count). The second-order valence-electron chi connectivity index (χ2n) is 10.6. The standard InChI is InChI=1S/C31H28F7N3O4/c1-17(2)41-25-9-5-3-7-18(25)11-14-23(29(41)44)39-28(43)24(15-19-8-4-6-10-26(19)45-31(36,37)38)40-27(42)21-13-12-20(32)16-22(21)30(33,34)35/h3-10,12-13,16-17,23-24H,11,14-15H2,1-2H3,(H,39,43)(H,40,42)/t23-,24-/m1/s1. The molecule has 2 N–H and O–H groups in total. The summed E-state index contributed by atoms with van der Waals surface area (Å²) in [4.78, 5) is 41.9. The minimum Gasteiger partial charge on any atom is -0.406 e. The van der Waals surface area contributed by atoms with Crippen molar-refractivity contribution in [1.29, 1.82) is 0 Å². The number of ether oxygens (including phenoxy) is 1. The number of alkyl halides is 6. The van der Waals surface area contributed by atoms with Crippen molar-refractivity contribution in [3.05, 3.63) is 94.8 Å².